The van der Waals surface area contributed by atoms with Crippen LogP contribution in [0.25, 0.3) is 0 Å². The zero-order valence-corrected chi connectivity index (χ0v) is 9.56. The summed E-state index contributed by atoms with van der Waals surface area (Å²) in [6, 6.07) is 0.157. The van der Waals surface area contributed by atoms with Gasteiger partial charge in [-0.25, -0.2) is 0 Å². The third-order valence-electron chi connectivity index (χ3n) is 2.08. The third-order valence-corrected chi connectivity index (χ3v) is 2.08. The van der Waals surface area contributed by atoms with Gasteiger partial charge in [0.1, 0.15) is 6.10 Å². The molecule has 0 fully saturated rings. The predicted molar refractivity (Wildman–Crippen MR) is 56.3 cm³/mol. The van der Waals surface area contributed by atoms with Gasteiger partial charge in [-0.05, 0) is 27.2 Å². The van der Waals surface area contributed by atoms with Crippen molar-refractivity contribution in [3.05, 3.63) is 11.7 Å². The maximum absolute atomic E-state index is 5.64. The van der Waals surface area contributed by atoms with Crippen LogP contribution in [0, 0.1) is 0 Å². The van der Waals surface area contributed by atoms with Crippen LogP contribution < -0.4 is 5.73 Å². The number of hydrogen-bond donors (Lipinski definition) is 1. The van der Waals surface area contributed by atoms with Gasteiger partial charge >= 0.3 is 0 Å². The van der Waals surface area contributed by atoms with Gasteiger partial charge in [-0.2, -0.15) is 4.98 Å². The molecular formula is C10H19N3O2. The van der Waals surface area contributed by atoms with Crippen molar-refractivity contribution in [1.82, 2.24) is 10.1 Å². The average Bonchev–Trinajstić information content (AvgIpc) is 2.63. The molecule has 0 amide bonds. The van der Waals surface area contributed by atoms with Gasteiger partial charge in [0.15, 0.2) is 5.82 Å². The molecule has 0 aliphatic heterocycles. The topological polar surface area (TPSA) is 74.2 Å². The maximum Gasteiger partial charge on any atom is 0.226 e. The van der Waals surface area contributed by atoms with Crippen LogP contribution in [-0.2, 0) is 11.2 Å². The Morgan fingerprint density at radius 1 is 1.47 bits per heavy atom. The first kappa shape index (κ1) is 12.1. The quantitative estimate of drug-likeness (QED) is 0.774. The van der Waals surface area contributed by atoms with Crippen LogP contribution in [0.5, 0.6) is 0 Å². The lowest BCUT2D eigenvalue weighted by Crippen LogP contribution is -2.15. The molecule has 1 aromatic heterocycles. The molecule has 2 unspecified atom stereocenters. The predicted octanol–water partition coefficient (Wildman–Crippen LogP) is 1.45. The molecular weight excluding hydrogens is 194 g/mol. The number of hydrogen-bond acceptors (Lipinski definition) is 5. The first-order chi connectivity index (χ1) is 7.13. The number of rotatable bonds is 6. The Kier molecular flexibility index (Phi) is 4.71. The van der Waals surface area contributed by atoms with Crippen LogP contribution >= 0.6 is 0 Å². The normalized spacial score (nSPS) is 15.2. The summed E-state index contributed by atoms with van der Waals surface area (Å²) in [5.74, 6) is 1.24. The number of nitrogens with zero attached hydrogens (tertiary/aromatic N) is 2. The fourth-order valence-electron chi connectivity index (χ4n) is 1.21. The Balaban J connectivity index is 2.48. The summed E-state index contributed by atoms with van der Waals surface area (Å²) in [6.07, 6.45) is 1.47. The van der Waals surface area contributed by atoms with Gasteiger partial charge in [0.05, 0.1) is 0 Å². The molecule has 5 heteroatoms. The van der Waals surface area contributed by atoms with Crippen molar-refractivity contribution >= 4 is 0 Å². The molecule has 2 atom stereocenters. The highest BCUT2D eigenvalue weighted by Crippen LogP contribution is 2.13. The van der Waals surface area contributed by atoms with E-state index in [0.29, 0.717) is 18.3 Å². The first-order valence-corrected chi connectivity index (χ1v) is 5.33. The van der Waals surface area contributed by atoms with Crippen LogP contribution in [-0.4, -0.2) is 22.8 Å². The maximum atomic E-state index is 5.64. The van der Waals surface area contributed by atoms with Gasteiger partial charge in [-0.3, -0.25) is 0 Å². The van der Waals surface area contributed by atoms with Gasteiger partial charge < -0.3 is 15.0 Å². The SMILES string of the molecule is CCOC(C)c1noc(CCC(C)N)n1. The molecule has 1 heterocycles. The van der Waals surface area contributed by atoms with Gasteiger partial charge in [0.25, 0.3) is 0 Å². The highest BCUT2D eigenvalue weighted by molar-refractivity contribution is 4.90. The lowest BCUT2D eigenvalue weighted by atomic mass is 10.2. The third kappa shape index (κ3) is 3.97. The number of nitrogens with two attached hydrogens (primary N) is 1. The lowest BCUT2D eigenvalue weighted by molar-refractivity contribution is 0.0683. The van der Waals surface area contributed by atoms with E-state index in [0.717, 1.165) is 12.8 Å². The molecule has 1 rings (SSSR count). The Hall–Kier alpha value is -0.940. The smallest absolute Gasteiger partial charge is 0.226 e. The molecule has 0 spiro atoms. The van der Waals surface area contributed by atoms with Crippen LogP contribution in [0.3, 0.4) is 0 Å². The van der Waals surface area contributed by atoms with E-state index < -0.39 is 0 Å². The van der Waals surface area contributed by atoms with Crippen LogP contribution in [0.2, 0.25) is 0 Å². The van der Waals surface area contributed by atoms with Crippen molar-refractivity contribution in [3.8, 4) is 0 Å². The zero-order valence-electron chi connectivity index (χ0n) is 9.56. The van der Waals surface area contributed by atoms with Gasteiger partial charge in [0.2, 0.25) is 5.89 Å². The Bertz CT molecular complexity index is 286. The molecule has 0 bridgehead atoms. The summed E-state index contributed by atoms with van der Waals surface area (Å²) >= 11 is 0. The van der Waals surface area contributed by atoms with Crippen molar-refractivity contribution in [2.24, 2.45) is 5.73 Å². The number of aromatic nitrogens is 2. The molecule has 86 valence electrons. The van der Waals surface area contributed by atoms with Crippen LogP contribution in [0.4, 0.5) is 0 Å². The van der Waals surface area contributed by atoms with Crippen LogP contribution in [0.15, 0.2) is 4.52 Å². The first-order valence-electron chi connectivity index (χ1n) is 5.33. The van der Waals surface area contributed by atoms with Crippen molar-refractivity contribution in [1.29, 1.82) is 0 Å². The van der Waals surface area contributed by atoms with E-state index in [4.69, 9.17) is 15.0 Å². The minimum absolute atomic E-state index is 0.109. The average molecular weight is 213 g/mol. The fourth-order valence-corrected chi connectivity index (χ4v) is 1.21. The molecule has 0 aliphatic rings. The monoisotopic (exact) mass is 213 g/mol. The van der Waals surface area contributed by atoms with E-state index in [2.05, 4.69) is 10.1 Å². The number of aryl methyl sites for hydroxylation is 1. The highest BCUT2D eigenvalue weighted by Gasteiger charge is 2.13. The van der Waals surface area contributed by atoms with Crippen molar-refractivity contribution in [2.75, 3.05) is 6.61 Å². The number of ether oxygens (including phenoxy) is 1. The van der Waals surface area contributed by atoms with Gasteiger partial charge in [-0.1, -0.05) is 5.16 Å². The molecule has 15 heavy (non-hydrogen) atoms. The minimum atomic E-state index is -0.109. The van der Waals surface area contributed by atoms with E-state index in [1.165, 1.54) is 0 Å². The summed E-state index contributed by atoms with van der Waals surface area (Å²) in [5, 5.41) is 3.86. The van der Waals surface area contributed by atoms with E-state index in [1.54, 1.807) is 0 Å². The fraction of sp³-hybridized carbons (Fsp3) is 0.800. The molecule has 0 aliphatic carbocycles. The summed E-state index contributed by atoms with van der Waals surface area (Å²) in [7, 11) is 0. The molecule has 0 radical (unpaired) electrons. The second-order valence-corrected chi connectivity index (χ2v) is 3.66. The molecule has 5 nitrogen and oxygen atoms in total. The largest absolute Gasteiger partial charge is 0.371 e. The summed E-state index contributed by atoms with van der Waals surface area (Å²) in [5.41, 5.74) is 5.64. The van der Waals surface area contributed by atoms with Crippen molar-refractivity contribution < 1.29 is 9.26 Å². The Morgan fingerprint density at radius 2 is 2.20 bits per heavy atom. The van der Waals surface area contributed by atoms with E-state index in [1.807, 2.05) is 20.8 Å². The Morgan fingerprint density at radius 3 is 2.80 bits per heavy atom. The standard InChI is InChI=1S/C10H19N3O2/c1-4-14-8(3)10-12-9(15-13-10)6-5-7(2)11/h7-8H,4-6,11H2,1-3H3. The van der Waals surface area contributed by atoms with E-state index in [-0.39, 0.29) is 12.1 Å². The summed E-state index contributed by atoms with van der Waals surface area (Å²) in [6.45, 7) is 6.45. The second-order valence-electron chi connectivity index (χ2n) is 3.66. The van der Waals surface area contributed by atoms with E-state index in [9.17, 15) is 0 Å². The molecule has 1 aromatic rings. The molecule has 2 N–H and O–H groups in total. The molecule has 0 saturated carbocycles. The molecule has 0 aromatic carbocycles. The van der Waals surface area contributed by atoms with E-state index >= 15 is 0 Å². The van der Waals surface area contributed by atoms with Crippen molar-refractivity contribution in [2.45, 2.75) is 45.8 Å². The van der Waals surface area contributed by atoms with Gasteiger partial charge in [0, 0.05) is 19.1 Å². The minimum Gasteiger partial charge on any atom is -0.371 e. The van der Waals surface area contributed by atoms with Crippen molar-refractivity contribution in [3.63, 3.8) is 0 Å². The lowest BCUT2D eigenvalue weighted by Gasteiger charge is -2.04. The summed E-state index contributed by atoms with van der Waals surface area (Å²) < 4.78 is 10.4. The Labute approximate surface area is 90.0 Å². The molecule has 0 saturated heterocycles. The zero-order chi connectivity index (χ0) is 11.3. The van der Waals surface area contributed by atoms with Crippen LogP contribution in [0.1, 0.15) is 45.0 Å². The van der Waals surface area contributed by atoms with Gasteiger partial charge in [-0.15, -0.1) is 0 Å². The second kappa shape index (κ2) is 5.82. The summed E-state index contributed by atoms with van der Waals surface area (Å²) in [4.78, 5) is 4.24. The highest BCUT2D eigenvalue weighted by atomic mass is 16.5.